The summed E-state index contributed by atoms with van der Waals surface area (Å²) in [6.07, 6.45) is -4.42. The molecular weight excluding hydrogens is 419 g/mol. The number of rotatable bonds is 5. The molecular formula is C20H23BrF3N3. The maximum Gasteiger partial charge on any atom is 0.416 e. The molecule has 0 aliphatic heterocycles. The summed E-state index contributed by atoms with van der Waals surface area (Å²) < 4.78 is 40.1. The van der Waals surface area contributed by atoms with Gasteiger partial charge in [0, 0.05) is 22.3 Å². The molecule has 0 saturated carbocycles. The summed E-state index contributed by atoms with van der Waals surface area (Å²) in [6.45, 7) is 5.07. The highest BCUT2D eigenvalue weighted by Gasteiger charge is 2.31. The van der Waals surface area contributed by atoms with E-state index in [-0.39, 0.29) is 0 Å². The Hall–Kier alpha value is -1.86. The number of alkyl halides is 3. The van der Waals surface area contributed by atoms with Gasteiger partial charge in [-0.05, 0) is 57.3 Å². The quantitative estimate of drug-likeness (QED) is 0.489. The molecule has 2 aromatic carbocycles. The van der Waals surface area contributed by atoms with E-state index in [0.29, 0.717) is 29.0 Å². The SMILES string of the molecule is Cc1cccc(C)c1NC(=NCCN(C)C)c1cc(Br)cc(C(F)(F)F)c1. The molecule has 146 valence electrons. The van der Waals surface area contributed by atoms with E-state index in [2.05, 4.69) is 26.2 Å². The van der Waals surface area contributed by atoms with Crippen molar-refractivity contribution in [1.82, 2.24) is 4.90 Å². The Labute approximate surface area is 166 Å². The van der Waals surface area contributed by atoms with Gasteiger partial charge in [0.2, 0.25) is 0 Å². The summed E-state index contributed by atoms with van der Waals surface area (Å²) in [5.74, 6) is 0.418. The summed E-state index contributed by atoms with van der Waals surface area (Å²) in [5.41, 5.74) is 2.53. The van der Waals surface area contributed by atoms with E-state index in [9.17, 15) is 13.2 Å². The summed E-state index contributed by atoms with van der Waals surface area (Å²) in [4.78, 5) is 6.53. The molecule has 0 radical (unpaired) electrons. The number of para-hydroxylation sites is 1. The lowest BCUT2D eigenvalue weighted by Crippen LogP contribution is -2.21. The van der Waals surface area contributed by atoms with Gasteiger partial charge in [0.1, 0.15) is 5.84 Å². The largest absolute Gasteiger partial charge is 0.416 e. The van der Waals surface area contributed by atoms with E-state index < -0.39 is 11.7 Å². The third-order valence-corrected chi connectivity index (χ3v) is 4.50. The number of benzene rings is 2. The Bertz CT molecular complexity index is 809. The Balaban J connectivity index is 2.49. The molecule has 0 bridgehead atoms. The average molecular weight is 442 g/mol. The molecule has 0 fully saturated rings. The maximum absolute atomic E-state index is 13.2. The van der Waals surface area contributed by atoms with Gasteiger partial charge >= 0.3 is 6.18 Å². The highest BCUT2D eigenvalue weighted by Crippen LogP contribution is 2.32. The number of hydrogen-bond donors (Lipinski definition) is 1. The van der Waals surface area contributed by atoms with E-state index in [1.165, 1.54) is 0 Å². The van der Waals surface area contributed by atoms with Gasteiger partial charge < -0.3 is 10.2 Å². The zero-order chi connectivity index (χ0) is 20.2. The van der Waals surface area contributed by atoms with Crippen LogP contribution in [0.5, 0.6) is 0 Å². The summed E-state index contributed by atoms with van der Waals surface area (Å²) >= 11 is 3.19. The molecule has 3 nitrogen and oxygen atoms in total. The lowest BCUT2D eigenvalue weighted by atomic mass is 10.1. The maximum atomic E-state index is 13.2. The van der Waals surface area contributed by atoms with Crippen molar-refractivity contribution in [2.45, 2.75) is 20.0 Å². The monoisotopic (exact) mass is 441 g/mol. The van der Waals surface area contributed by atoms with Crippen LogP contribution in [0, 0.1) is 13.8 Å². The Kier molecular flexibility index (Phi) is 7.06. The highest BCUT2D eigenvalue weighted by molar-refractivity contribution is 9.10. The second kappa shape index (κ2) is 8.89. The van der Waals surface area contributed by atoms with Gasteiger partial charge in [0.15, 0.2) is 0 Å². The van der Waals surface area contributed by atoms with Gasteiger partial charge in [0.05, 0.1) is 12.1 Å². The van der Waals surface area contributed by atoms with Gasteiger partial charge in [-0.3, -0.25) is 4.99 Å². The fourth-order valence-corrected chi connectivity index (χ4v) is 3.08. The molecule has 0 saturated heterocycles. The van der Waals surface area contributed by atoms with E-state index in [4.69, 9.17) is 0 Å². The summed E-state index contributed by atoms with van der Waals surface area (Å²) in [5, 5.41) is 3.25. The van der Waals surface area contributed by atoms with E-state index in [1.54, 1.807) is 6.07 Å². The first kappa shape index (κ1) is 21.4. The minimum atomic E-state index is -4.42. The molecule has 2 aromatic rings. The molecule has 1 N–H and O–H groups in total. The normalized spacial score (nSPS) is 12.6. The molecule has 0 heterocycles. The van der Waals surface area contributed by atoms with Crippen molar-refractivity contribution in [3.63, 3.8) is 0 Å². The van der Waals surface area contributed by atoms with Gasteiger partial charge in [-0.1, -0.05) is 34.1 Å². The van der Waals surface area contributed by atoms with Crippen LogP contribution in [0.15, 0.2) is 45.9 Å². The van der Waals surface area contributed by atoms with E-state index in [0.717, 1.165) is 28.9 Å². The Morgan fingerprint density at radius 2 is 1.74 bits per heavy atom. The van der Waals surface area contributed by atoms with Gasteiger partial charge in [-0.25, -0.2) is 0 Å². The number of hydrogen-bond acceptors (Lipinski definition) is 2. The Morgan fingerprint density at radius 3 is 2.30 bits per heavy atom. The molecule has 0 aliphatic rings. The Morgan fingerprint density at radius 1 is 1.11 bits per heavy atom. The summed E-state index contributed by atoms with van der Waals surface area (Å²) in [6, 6.07) is 9.69. The molecule has 2 rings (SSSR count). The zero-order valence-corrected chi connectivity index (χ0v) is 17.4. The first-order valence-electron chi connectivity index (χ1n) is 8.48. The fourth-order valence-electron chi connectivity index (χ4n) is 2.58. The molecule has 0 spiro atoms. The number of halogens is 4. The van der Waals surface area contributed by atoms with Gasteiger partial charge in [-0.15, -0.1) is 0 Å². The average Bonchev–Trinajstić information content (AvgIpc) is 2.55. The van der Waals surface area contributed by atoms with Crippen molar-refractivity contribution in [3.05, 3.63) is 63.1 Å². The van der Waals surface area contributed by atoms with Gasteiger partial charge in [0.25, 0.3) is 0 Å². The topological polar surface area (TPSA) is 27.6 Å². The van der Waals surface area contributed by atoms with Crippen molar-refractivity contribution in [1.29, 1.82) is 0 Å². The molecule has 0 aliphatic carbocycles. The van der Waals surface area contributed by atoms with Crippen LogP contribution in [-0.4, -0.2) is 37.9 Å². The van der Waals surface area contributed by atoms with Crippen molar-refractivity contribution in [2.24, 2.45) is 4.99 Å². The van der Waals surface area contributed by atoms with Crippen LogP contribution in [0.1, 0.15) is 22.3 Å². The molecule has 0 amide bonds. The number of anilines is 1. The predicted molar refractivity (Wildman–Crippen MR) is 109 cm³/mol. The standard InChI is InChI=1S/C20H23BrF3N3/c1-13-6-5-7-14(2)18(13)26-19(25-8-9-27(3)4)15-10-16(20(22,23)24)12-17(21)11-15/h5-7,10-12H,8-9H2,1-4H3,(H,25,26). The second-order valence-electron chi connectivity index (χ2n) is 6.65. The number of amidine groups is 1. The molecule has 27 heavy (non-hydrogen) atoms. The van der Waals surface area contributed by atoms with Crippen molar-refractivity contribution < 1.29 is 13.2 Å². The number of nitrogens with one attached hydrogen (secondary N) is 1. The molecule has 0 unspecified atom stereocenters. The first-order valence-corrected chi connectivity index (χ1v) is 9.28. The number of likely N-dealkylation sites (N-methyl/N-ethyl adjacent to an activating group) is 1. The lowest BCUT2D eigenvalue weighted by Gasteiger charge is -2.17. The van der Waals surface area contributed by atoms with Crippen LogP contribution in [0.25, 0.3) is 0 Å². The predicted octanol–water partition coefficient (Wildman–Crippen LogP) is 5.51. The summed E-state index contributed by atoms with van der Waals surface area (Å²) in [7, 11) is 3.85. The second-order valence-corrected chi connectivity index (χ2v) is 7.57. The minimum Gasteiger partial charge on any atom is -0.340 e. The minimum absolute atomic E-state index is 0.357. The third-order valence-electron chi connectivity index (χ3n) is 4.04. The molecule has 0 atom stereocenters. The van der Waals surface area contributed by atoms with E-state index >= 15 is 0 Å². The van der Waals surface area contributed by atoms with Crippen LogP contribution in [0.2, 0.25) is 0 Å². The van der Waals surface area contributed by atoms with Crippen LogP contribution in [0.3, 0.4) is 0 Å². The lowest BCUT2D eigenvalue weighted by molar-refractivity contribution is -0.137. The molecule has 0 aromatic heterocycles. The van der Waals surface area contributed by atoms with Gasteiger partial charge in [-0.2, -0.15) is 13.2 Å². The number of aliphatic imine (C=N–C) groups is 1. The third kappa shape index (κ3) is 6.07. The van der Waals surface area contributed by atoms with Crippen molar-refractivity contribution in [3.8, 4) is 0 Å². The van der Waals surface area contributed by atoms with E-state index in [1.807, 2.05) is 51.0 Å². The molecule has 7 heteroatoms. The highest BCUT2D eigenvalue weighted by atomic mass is 79.9. The van der Waals surface area contributed by atoms with Crippen LogP contribution >= 0.6 is 15.9 Å². The van der Waals surface area contributed by atoms with Crippen molar-refractivity contribution >= 4 is 27.5 Å². The zero-order valence-electron chi connectivity index (χ0n) is 15.8. The number of aryl methyl sites for hydroxylation is 2. The first-order chi connectivity index (χ1) is 12.6. The van der Waals surface area contributed by atoms with Crippen LogP contribution in [-0.2, 0) is 6.18 Å². The van der Waals surface area contributed by atoms with Crippen LogP contribution < -0.4 is 5.32 Å². The van der Waals surface area contributed by atoms with Crippen LogP contribution in [0.4, 0.5) is 18.9 Å². The smallest absolute Gasteiger partial charge is 0.340 e. The fraction of sp³-hybridized carbons (Fsp3) is 0.350. The number of nitrogens with zero attached hydrogens (tertiary/aromatic N) is 2. The van der Waals surface area contributed by atoms with Crippen molar-refractivity contribution in [2.75, 3.05) is 32.5 Å².